The summed E-state index contributed by atoms with van der Waals surface area (Å²) in [5.74, 6) is 2.95. The zero-order valence-corrected chi connectivity index (χ0v) is 12.4. The lowest BCUT2D eigenvalue weighted by molar-refractivity contribution is 0.184. The quantitative estimate of drug-likeness (QED) is 0.855. The molecule has 0 radical (unpaired) electrons. The highest BCUT2D eigenvalue weighted by Gasteiger charge is 2.38. The molecule has 0 amide bonds. The molecule has 1 saturated carbocycles. The van der Waals surface area contributed by atoms with Gasteiger partial charge in [0, 0.05) is 6.04 Å². The van der Waals surface area contributed by atoms with E-state index >= 15 is 0 Å². The largest absolute Gasteiger partial charge is 0.493 e. The zero-order chi connectivity index (χ0) is 13.8. The first-order valence-corrected chi connectivity index (χ1v) is 7.16. The van der Waals surface area contributed by atoms with Crippen LogP contribution in [0.2, 0.25) is 0 Å². The Kier molecular flexibility index (Phi) is 4.70. The van der Waals surface area contributed by atoms with Crippen LogP contribution >= 0.6 is 0 Å². The Morgan fingerprint density at radius 3 is 2.53 bits per heavy atom. The fraction of sp³-hybridized carbons (Fsp3) is 0.625. The molecule has 0 spiro atoms. The van der Waals surface area contributed by atoms with E-state index in [-0.39, 0.29) is 0 Å². The molecule has 3 heteroatoms. The van der Waals surface area contributed by atoms with Crippen molar-refractivity contribution in [2.45, 2.75) is 38.6 Å². The van der Waals surface area contributed by atoms with Crippen LogP contribution < -0.4 is 14.8 Å². The van der Waals surface area contributed by atoms with Gasteiger partial charge in [0.2, 0.25) is 0 Å². The summed E-state index contributed by atoms with van der Waals surface area (Å²) in [4.78, 5) is 0. The van der Waals surface area contributed by atoms with Crippen molar-refractivity contribution in [3.05, 3.63) is 23.8 Å². The second kappa shape index (κ2) is 6.29. The molecule has 1 N–H and O–H groups in total. The Bertz CT molecular complexity index is 419. The number of methoxy groups -OCH3 is 2. The van der Waals surface area contributed by atoms with Gasteiger partial charge in [-0.3, -0.25) is 0 Å². The summed E-state index contributed by atoms with van der Waals surface area (Å²) >= 11 is 0. The van der Waals surface area contributed by atoms with Crippen molar-refractivity contribution in [1.82, 2.24) is 5.32 Å². The highest BCUT2D eigenvalue weighted by atomic mass is 16.5. The number of hydrogen-bond donors (Lipinski definition) is 1. The van der Waals surface area contributed by atoms with Crippen LogP contribution in [0.5, 0.6) is 11.5 Å². The molecule has 1 aromatic carbocycles. The fourth-order valence-electron chi connectivity index (χ4n) is 2.91. The van der Waals surface area contributed by atoms with Gasteiger partial charge in [0.1, 0.15) is 0 Å². The molecule has 0 aliphatic heterocycles. The Morgan fingerprint density at radius 2 is 1.95 bits per heavy atom. The van der Waals surface area contributed by atoms with Gasteiger partial charge in [-0.25, -0.2) is 0 Å². The molecule has 1 aromatic rings. The monoisotopic (exact) mass is 263 g/mol. The van der Waals surface area contributed by atoms with Crippen LogP contribution in [0.1, 0.15) is 38.2 Å². The van der Waals surface area contributed by atoms with Crippen molar-refractivity contribution >= 4 is 0 Å². The molecule has 3 nitrogen and oxygen atoms in total. The summed E-state index contributed by atoms with van der Waals surface area (Å²) in [6, 6.07) is 6.96. The molecular weight excluding hydrogens is 238 g/mol. The van der Waals surface area contributed by atoms with Crippen LogP contribution in [0, 0.1) is 5.92 Å². The van der Waals surface area contributed by atoms with Crippen LogP contribution in [0.4, 0.5) is 0 Å². The van der Waals surface area contributed by atoms with Crippen LogP contribution in [-0.2, 0) is 0 Å². The molecule has 106 valence electrons. The SMILES string of the molecule is CCCNC1CC(c2ccc(OC)c(OC)c2)C1C. The van der Waals surface area contributed by atoms with Crippen molar-refractivity contribution in [3.63, 3.8) is 0 Å². The average Bonchev–Trinajstić information content (AvgIpc) is 2.45. The first-order valence-electron chi connectivity index (χ1n) is 7.16. The van der Waals surface area contributed by atoms with Crippen molar-refractivity contribution < 1.29 is 9.47 Å². The predicted octanol–water partition coefficient (Wildman–Crippen LogP) is 3.20. The number of nitrogens with one attached hydrogen (secondary N) is 1. The van der Waals surface area contributed by atoms with Crippen molar-refractivity contribution in [3.8, 4) is 11.5 Å². The van der Waals surface area contributed by atoms with Crippen molar-refractivity contribution in [2.24, 2.45) is 5.92 Å². The van der Waals surface area contributed by atoms with Crippen molar-refractivity contribution in [2.75, 3.05) is 20.8 Å². The van der Waals surface area contributed by atoms with Gasteiger partial charge in [0.15, 0.2) is 11.5 Å². The lowest BCUT2D eigenvalue weighted by Gasteiger charge is -2.44. The van der Waals surface area contributed by atoms with Gasteiger partial charge >= 0.3 is 0 Å². The number of benzene rings is 1. The maximum absolute atomic E-state index is 5.38. The summed E-state index contributed by atoms with van der Waals surface area (Å²) in [5.41, 5.74) is 1.36. The summed E-state index contributed by atoms with van der Waals surface area (Å²) in [6.45, 7) is 5.66. The summed E-state index contributed by atoms with van der Waals surface area (Å²) in [5, 5.41) is 3.61. The summed E-state index contributed by atoms with van der Waals surface area (Å²) in [7, 11) is 3.37. The molecule has 0 heterocycles. The van der Waals surface area contributed by atoms with E-state index in [0.717, 1.165) is 18.0 Å². The van der Waals surface area contributed by atoms with Crippen LogP contribution in [0.25, 0.3) is 0 Å². The van der Waals surface area contributed by atoms with Gasteiger partial charge in [0.05, 0.1) is 14.2 Å². The first-order chi connectivity index (χ1) is 9.21. The Hall–Kier alpha value is -1.22. The highest BCUT2D eigenvalue weighted by molar-refractivity contribution is 5.44. The highest BCUT2D eigenvalue weighted by Crippen LogP contribution is 2.44. The molecule has 3 atom stereocenters. The van der Waals surface area contributed by atoms with Gasteiger partial charge in [0.25, 0.3) is 0 Å². The van der Waals surface area contributed by atoms with Gasteiger partial charge in [-0.2, -0.15) is 0 Å². The molecule has 2 rings (SSSR count). The number of ether oxygens (including phenoxy) is 2. The molecule has 1 aliphatic rings. The number of hydrogen-bond acceptors (Lipinski definition) is 3. The molecule has 1 fully saturated rings. The second-order valence-electron chi connectivity index (χ2n) is 5.38. The molecule has 19 heavy (non-hydrogen) atoms. The Balaban J connectivity index is 2.04. The lowest BCUT2D eigenvalue weighted by atomic mass is 9.67. The second-order valence-corrected chi connectivity index (χ2v) is 5.38. The zero-order valence-electron chi connectivity index (χ0n) is 12.4. The smallest absolute Gasteiger partial charge is 0.160 e. The van der Waals surface area contributed by atoms with Gasteiger partial charge in [-0.05, 0) is 48.9 Å². The van der Waals surface area contributed by atoms with Crippen LogP contribution in [0.3, 0.4) is 0 Å². The molecule has 3 unspecified atom stereocenters. The summed E-state index contributed by atoms with van der Waals surface area (Å²) in [6.07, 6.45) is 2.42. The number of rotatable bonds is 6. The maximum Gasteiger partial charge on any atom is 0.160 e. The molecule has 1 aliphatic carbocycles. The van der Waals surface area contributed by atoms with E-state index in [2.05, 4.69) is 31.3 Å². The van der Waals surface area contributed by atoms with Crippen LogP contribution in [-0.4, -0.2) is 26.8 Å². The van der Waals surface area contributed by atoms with E-state index in [1.807, 2.05) is 6.07 Å². The third kappa shape index (κ3) is 2.86. The molecule has 0 bridgehead atoms. The van der Waals surface area contributed by atoms with Gasteiger partial charge in [-0.15, -0.1) is 0 Å². The van der Waals surface area contributed by atoms with E-state index in [0.29, 0.717) is 17.9 Å². The van der Waals surface area contributed by atoms with E-state index in [1.54, 1.807) is 14.2 Å². The topological polar surface area (TPSA) is 30.5 Å². The third-order valence-electron chi connectivity index (χ3n) is 4.27. The van der Waals surface area contributed by atoms with Crippen molar-refractivity contribution in [1.29, 1.82) is 0 Å². The molecule has 0 aromatic heterocycles. The normalized spacial score (nSPS) is 25.8. The van der Waals surface area contributed by atoms with E-state index in [4.69, 9.17) is 9.47 Å². The van der Waals surface area contributed by atoms with E-state index in [1.165, 1.54) is 18.4 Å². The minimum absolute atomic E-state index is 0.633. The first kappa shape index (κ1) is 14.2. The predicted molar refractivity (Wildman–Crippen MR) is 78.1 cm³/mol. The Morgan fingerprint density at radius 1 is 1.21 bits per heavy atom. The third-order valence-corrected chi connectivity index (χ3v) is 4.27. The average molecular weight is 263 g/mol. The summed E-state index contributed by atoms with van der Waals surface area (Å²) < 4.78 is 10.7. The lowest BCUT2D eigenvalue weighted by Crippen LogP contribution is -2.48. The van der Waals surface area contributed by atoms with Gasteiger partial charge < -0.3 is 14.8 Å². The Labute approximate surface area is 116 Å². The maximum atomic E-state index is 5.38. The molecular formula is C16H25NO2. The van der Waals surface area contributed by atoms with E-state index < -0.39 is 0 Å². The minimum atomic E-state index is 0.633. The molecule has 0 saturated heterocycles. The fourth-order valence-corrected chi connectivity index (χ4v) is 2.91. The standard InChI is InChI=1S/C16H25NO2/c1-5-8-17-14-10-13(11(14)2)12-6-7-15(18-3)16(9-12)19-4/h6-7,9,11,13-14,17H,5,8,10H2,1-4H3. The van der Waals surface area contributed by atoms with Crippen LogP contribution in [0.15, 0.2) is 18.2 Å². The minimum Gasteiger partial charge on any atom is -0.493 e. The van der Waals surface area contributed by atoms with E-state index in [9.17, 15) is 0 Å². The van der Waals surface area contributed by atoms with Gasteiger partial charge in [-0.1, -0.05) is 19.9 Å².